The maximum absolute atomic E-state index is 12.2. The second-order valence-electron chi connectivity index (χ2n) is 4.46. The van der Waals surface area contributed by atoms with Gasteiger partial charge in [0.15, 0.2) is 0 Å². The van der Waals surface area contributed by atoms with Gasteiger partial charge in [0.25, 0.3) is 0 Å². The van der Waals surface area contributed by atoms with Crippen LogP contribution >= 0.6 is 23.2 Å². The van der Waals surface area contributed by atoms with E-state index in [0.717, 1.165) is 0 Å². The molecular weight excluding hydrogens is 269 g/mol. The minimum Gasteiger partial charge on any atom is -0.302 e. The summed E-state index contributed by atoms with van der Waals surface area (Å²) in [7, 11) is 0. The number of carbonyl (C=O) groups is 1. The Hall–Kier alpha value is -1.25. The second-order valence-corrected chi connectivity index (χ2v) is 5.28. The lowest BCUT2D eigenvalue weighted by Gasteiger charge is -2.27. The first-order chi connectivity index (χ1) is 8.68. The number of para-hydroxylation sites is 1. The largest absolute Gasteiger partial charge is 0.302 e. The number of halogens is 2. The Morgan fingerprint density at radius 1 is 1.11 bits per heavy atom. The Morgan fingerprint density at radius 3 is 2.50 bits per heavy atom. The standard InChI is InChI=1S/C14H11Cl2NO/c15-10-5-3-6-11(16)14(10)17-12-7-2-1-4-9(12)8-13(17)18/h1-7,9,12H,8H2/t9-,12+/m1/s1. The molecule has 0 radical (unpaired) electrons. The molecule has 1 saturated heterocycles. The van der Waals surface area contributed by atoms with E-state index in [4.69, 9.17) is 23.2 Å². The Balaban J connectivity index is 2.09. The monoisotopic (exact) mass is 279 g/mol. The number of fused-ring (bicyclic) bond motifs is 1. The molecule has 2 aliphatic rings. The molecular formula is C14H11Cl2NO. The molecule has 0 unspecified atom stereocenters. The molecule has 0 spiro atoms. The highest BCUT2D eigenvalue weighted by Crippen LogP contribution is 2.41. The van der Waals surface area contributed by atoms with Crippen LogP contribution in [0, 0.1) is 5.92 Å². The van der Waals surface area contributed by atoms with Crippen molar-refractivity contribution >= 4 is 34.8 Å². The number of benzene rings is 1. The van der Waals surface area contributed by atoms with Gasteiger partial charge in [0, 0.05) is 12.3 Å². The third-order valence-electron chi connectivity index (χ3n) is 3.37. The second kappa shape index (κ2) is 4.45. The Bertz CT molecular complexity index is 545. The topological polar surface area (TPSA) is 20.3 Å². The lowest BCUT2D eigenvalue weighted by Crippen LogP contribution is -2.34. The van der Waals surface area contributed by atoms with Crippen molar-refractivity contribution in [3.05, 3.63) is 52.5 Å². The van der Waals surface area contributed by atoms with Crippen molar-refractivity contribution in [2.45, 2.75) is 12.5 Å². The minimum atomic E-state index is 0.0277. The highest BCUT2D eigenvalue weighted by atomic mass is 35.5. The summed E-state index contributed by atoms with van der Waals surface area (Å²) in [5.74, 6) is 0.283. The number of carbonyl (C=O) groups excluding carboxylic acids is 1. The Morgan fingerprint density at radius 2 is 1.78 bits per heavy atom. The van der Waals surface area contributed by atoms with Gasteiger partial charge in [-0.05, 0) is 12.1 Å². The molecule has 1 heterocycles. The predicted octanol–water partition coefficient (Wildman–Crippen LogP) is 3.84. The number of allylic oxidation sites excluding steroid dienone is 2. The summed E-state index contributed by atoms with van der Waals surface area (Å²) in [5, 5.41) is 1.03. The van der Waals surface area contributed by atoms with Crippen molar-refractivity contribution in [1.29, 1.82) is 0 Å². The van der Waals surface area contributed by atoms with Gasteiger partial charge in [-0.25, -0.2) is 0 Å². The number of amides is 1. The molecule has 1 fully saturated rings. The summed E-state index contributed by atoms with van der Waals surface area (Å²) in [6, 6.07) is 5.32. The van der Waals surface area contributed by atoms with Crippen molar-refractivity contribution in [3.8, 4) is 0 Å². The maximum atomic E-state index is 12.2. The summed E-state index contributed by atoms with van der Waals surface area (Å²) in [6.07, 6.45) is 8.53. The maximum Gasteiger partial charge on any atom is 0.228 e. The van der Waals surface area contributed by atoms with Crippen LogP contribution in [0.1, 0.15) is 6.42 Å². The van der Waals surface area contributed by atoms with Crippen LogP contribution in [0.2, 0.25) is 10.0 Å². The Kier molecular flexibility index (Phi) is 2.92. The number of hydrogen-bond acceptors (Lipinski definition) is 1. The SMILES string of the molecule is O=C1C[C@H]2C=CC=C[C@@H]2N1c1c(Cl)cccc1Cl. The molecule has 92 valence electrons. The number of rotatable bonds is 1. The van der Waals surface area contributed by atoms with E-state index in [1.165, 1.54) is 0 Å². The first kappa shape index (κ1) is 11.8. The average molecular weight is 280 g/mol. The zero-order chi connectivity index (χ0) is 12.7. The molecule has 0 bridgehead atoms. The van der Waals surface area contributed by atoms with Crippen LogP contribution < -0.4 is 4.90 Å². The van der Waals surface area contributed by atoms with E-state index in [0.29, 0.717) is 22.2 Å². The van der Waals surface area contributed by atoms with Crippen LogP contribution in [0.4, 0.5) is 5.69 Å². The van der Waals surface area contributed by atoms with E-state index >= 15 is 0 Å². The van der Waals surface area contributed by atoms with Crippen molar-refractivity contribution in [1.82, 2.24) is 0 Å². The molecule has 1 aromatic carbocycles. The summed E-state index contributed by atoms with van der Waals surface area (Å²) in [6.45, 7) is 0. The van der Waals surface area contributed by atoms with Crippen molar-refractivity contribution in [2.75, 3.05) is 4.90 Å². The quantitative estimate of drug-likeness (QED) is 0.765. The van der Waals surface area contributed by atoms with Crippen LogP contribution in [0.5, 0.6) is 0 Å². The molecule has 1 aliphatic carbocycles. The van der Waals surface area contributed by atoms with Gasteiger partial charge in [0.2, 0.25) is 5.91 Å². The summed E-state index contributed by atoms with van der Waals surface area (Å²) in [5.41, 5.74) is 0.623. The minimum absolute atomic E-state index is 0.0277. The van der Waals surface area contributed by atoms with Gasteiger partial charge in [0.05, 0.1) is 21.8 Å². The van der Waals surface area contributed by atoms with Crippen molar-refractivity contribution in [2.24, 2.45) is 5.92 Å². The smallest absolute Gasteiger partial charge is 0.228 e. The number of hydrogen-bond donors (Lipinski definition) is 0. The van der Waals surface area contributed by atoms with E-state index in [2.05, 4.69) is 6.08 Å². The highest BCUT2D eigenvalue weighted by molar-refractivity contribution is 6.40. The van der Waals surface area contributed by atoms with Gasteiger partial charge in [-0.15, -0.1) is 0 Å². The van der Waals surface area contributed by atoms with Crippen LogP contribution in [0.3, 0.4) is 0 Å². The average Bonchev–Trinajstić information content (AvgIpc) is 2.66. The molecule has 4 heteroatoms. The first-order valence-corrected chi connectivity index (χ1v) is 6.55. The number of nitrogens with zero attached hydrogens (tertiary/aromatic N) is 1. The predicted molar refractivity (Wildman–Crippen MR) is 74.1 cm³/mol. The van der Waals surface area contributed by atoms with E-state index in [1.807, 2.05) is 18.2 Å². The molecule has 0 aromatic heterocycles. The Labute approximate surface area is 115 Å². The molecule has 2 atom stereocenters. The first-order valence-electron chi connectivity index (χ1n) is 5.79. The van der Waals surface area contributed by atoms with Crippen LogP contribution in [0.25, 0.3) is 0 Å². The van der Waals surface area contributed by atoms with Crippen LogP contribution in [-0.2, 0) is 4.79 Å². The van der Waals surface area contributed by atoms with E-state index in [9.17, 15) is 4.79 Å². The molecule has 1 aliphatic heterocycles. The third-order valence-corrected chi connectivity index (χ3v) is 3.98. The van der Waals surface area contributed by atoms with Crippen LogP contribution in [-0.4, -0.2) is 11.9 Å². The van der Waals surface area contributed by atoms with Crippen LogP contribution in [0.15, 0.2) is 42.5 Å². The molecule has 0 saturated carbocycles. The summed E-state index contributed by atoms with van der Waals surface area (Å²) in [4.78, 5) is 13.9. The molecule has 1 amide bonds. The fraction of sp³-hybridized carbons (Fsp3) is 0.214. The number of anilines is 1. The molecule has 3 rings (SSSR count). The van der Waals surface area contributed by atoms with Crippen molar-refractivity contribution < 1.29 is 4.79 Å². The molecule has 0 N–H and O–H groups in total. The molecule has 1 aromatic rings. The van der Waals surface area contributed by atoms with E-state index in [-0.39, 0.29) is 17.9 Å². The van der Waals surface area contributed by atoms with Gasteiger partial charge in [-0.2, -0.15) is 0 Å². The van der Waals surface area contributed by atoms with Gasteiger partial charge in [0.1, 0.15) is 0 Å². The lowest BCUT2D eigenvalue weighted by atomic mass is 9.96. The molecule has 2 nitrogen and oxygen atoms in total. The zero-order valence-corrected chi connectivity index (χ0v) is 11.0. The summed E-state index contributed by atoms with van der Waals surface area (Å²) < 4.78 is 0. The van der Waals surface area contributed by atoms with E-state index in [1.54, 1.807) is 23.1 Å². The zero-order valence-electron chi connectivity index (χ0n) is 9.51. The van der Waals surface area contributed by atoms with Gasteiger partial charge in [-0.1, -0.05) is 53.6 Å². The van der Waals surface area contributed by atoms with Gasteiger partial charge >= 0.3 is 0 Å². The van der Waals surface area contributed by atoms with Gasteiger partial charge < -0.3 is 4.90 Å². The van der Waals surface area contributed by atoms with Crippen molar-refractivity contribution in [3.63, 3.8) is 0 Å². The molecule has 18 heavy (non-hydrogen) atoms. The summed E-state index contributed by atoms with van der Waals surface area (Å²) >= 11 is 12.4. The normalized spacial score (nSPS) is 25.7. The van der Waals surface area contributed by atoms with Gasteiger partial charge in [-0.3, -0.25) is 4.79 Å². The fourth-order valence-corrected chi connectivity index (χ4v) is 3.15. The van der Waals surface area contributed by atoms with E-state index < -0.39 is 0 Å². The lowest BCUT2D eigenvalue weighted by molar-refractivity contribution is -0.117. The highest BCUT2D eigenvalue weighted by Gasteiger charge is 2.40. The third kappa shape index (κ3) is 1.76. The fourth-order valence-electron chi connectivity index (χ4n) is 2.57.